The van der Waals surface area contributed by atoms with E-state index in [2.05, 4.69) is 0 Å². The minimum absolute atomic E-state index is 0.0848. The topological polar surface area (TPSA) is 85.4 Å². The van der Waals surface area contributed by atoms with Gasteiger partial charge in [0.1, 0.15) is 0 Å². The Labute approximate surface area is 148 Å². The molecule has 1 aliphatic heterocycles. The van der Waals surface area contributed by atoms with Crippen LogP contribution in [0.3, 0.4) is 0 Å². The van der Waals surface area contributed by atoms with E-state index in [1.807, 2.05) is 42.1 Å². The Morgan fingerprint density at radius 2 is 1.77 bits per heavy atom. The highest BCUT2D eigenvalue weighted by atomic mass is 16.6. The Bertz CT molecular complexity index is 1050. The van der Waals surface area contributed by atoms with Crippen molar-refractivity contribution >= 4 is 34.1 Å². The lowest BCUT2D eigenvalue weighted by Crippen LogP contribution is -2.29. The van der Waals surface area contributed by atoms with Crippen molar-refractivity contribution < 1.29 is 14.5 Å². The molecule has 26 heavy (non-hydrogen) atoms. The molecule has 0 spiro atoms. The minimum Gasteiger partial charge on any atom is -0.350 e. The lowest BCUT2D eigenvalue weighted by Gasteiger charge is -2.14. The van der Waals surface area contributed by atoms with E-state index in [9.17, 15) is 19.7 Å². The van der Waals surface area contributed by atoms with Gasteiger partial charge in [0, 0.05) is 42.7 Å². The molecule has 2 heterocycles. The molecule has 4 rings (SSSR count). The van der Waals surface area contributed by atoms with Crippen LogP contribution in [0.2, 0.25) is 0 Å². The second-order valence-electron chi connectivity index (χ2n) is 6.31. The maximum Gasteiger partial charge on any atom is 0.269 e. The largest absolute Gasteiger partial charge is 0.350 e. The molecule has 0 bridgehead atoms. The molecule has 3 aromatic rings. The van der Waals surface area contributed by atoms with Gasteiger partial charge in [0.15, 0.2) is 0 Å². The van der Waals surface area contributed by atoms with Gasteiger partial charge in [0.2, 0.25) is 11.8 Å². The molecule has 1 unspecified atom stereocenters. The number of non-ortho nitro benzene ring substituents is 1. The average Bonchev–Trinajstić information content (AvgIpc) is 3.12. The molecule has 7 nitrogen and oxygen atoms in total. The summed E-state index contributed by atoms with van der Waals surface area (Å²) in [5.74, 6) is -1.16. The lowest BCUT2D eigenvalue weighted by molar-refractivity contribution is -0.384. The van der Waals surface area contributed by atoms with Crippen molar-refractivity contribution in [3.8, 4) is 0 Å². The van der Waals surface area contributed by atoms with E-state index in [4.69, 9.17) is 0 Å². The van der Waals surface area contributed by atoms with Crippen molar-refractivity contribution in [2.75, 3.05) is 4.90 Å². The quantitative estimate of drug-likeness (QED) is 0.413. The molecule has 7 heteroatoms. The standard InChI is InChI=1S/C19H15N3O4/c1-20-11-16(14-4-2-3-5-17(14)20)15-10-18(23)21(19(15)24)12-6-8-13(9-7-12)22(25)26/h2-9,11,15H,10H2,1H3. The number of hydrogen-bond donors (Lipinski definition) is 0. The van der Waals surface area contributed by atoms with E-state index in [0.29, 0.717) is 5.69 Å². The van der Waals surface area contributed by atoms with Gasteiger partial charge >= 0.3 is 0 Å². The van der Waals surface area contributed by atoms with Crippen LogP contribution in [0, 0.1) is 10.1 Å². The smallest absolute Gasteiger partial charge is 0.269 e. The first-order chi connectivity index (χ1) is 12.5. The van der Waals surface area contributed by atoms with Crippen molar-refractivity contribution in [3.05, 3.63) is 70.4 Å². The number of carbonyl (C=O) groups excluding carboxylic acids is 2. The second-order valence-corrected chi connectivity index (χ2v) is 6.31. The summed E-state index contributed by atoms with van der Waals surface area (Å²) in [4.78, 5) is 36.8. The number of aromatic nitrogens is 1. The molecular formula is C19H15N3O4. The van der Waals surface area contributed by atoms with Crippen LogP contribution in [0.5, 0.6) is 0 Å². The first-order valence-corrected chi connectivity index (χ1v) is 8.12. The summed E-state index contributed by atoms with van der Waals surface area (Å²) < 4.78 is 1.94. The van der Waals surface area contributed by atoms with Gasteiger partial charge in [0.25, 0.3) is 5.69 Å². The zero-order valence-electron chi connectivity index (χ0n) is 14.0. The normalized spacial score (nSPS) is 17.3. The maximum absolute atomic E-state index is 13.0. The summed E-state index contributed by atoms with van der Waals surface area (Å²) in [5.41, 5.74) is 2.09. The molecule has 2 amide bonds. The van der Waals surface area contributed by atoms with Crippen LogP contribution in [0.1, 0.15) is 17.9 Å². The molecule has 0 radical (unpaired) electrons. The van der Waals surface area contributed by atoms with Gasteiger partial charge in [-0.3, -0.25) is 19.7 Å². The minimum atomic E-state index is -0.552. The zero-order chi connectivity index (χ0) is 18.4. The fourth-order valence-electron chi connectivity index (χ4n) is 3.52. The SMILES string of the molecule is Cn1cc(C2CC(=O)N(c3ccc([N+](=O)[O-])cc3)C2=O)c2ccccc21. The molecule has 1 saturated heterocycles. The number of aryl methyl sites for hydroxylation is 1. The van der Waals surface area contributed by atoms with Gasteiger partial charge in [-0.1, -0.05) is 18.2 Å². The first kappa shape index (κ1) is 16.0. The van der Waals surface area contributed by atoms with Crippen molar-refractivity contribution in [1.29, 1.82) is 0 Å². The van der Waals surface area contributed by atoms with Gasteiger partial charge in [-0.25, -0.2) is 4.90 Å². The van der Waals surface area contributed by atoms with Gasteiger partial charge in [-0.2, -0.15) is 0 Å². The monoisotopic (exact) mass is 349 g/mol. The third kappa shape index (κ3) is 2.36. The summed E-state index contributed by atoms with van der Waals surface area (Å²) in [7, 11) is 1.90. The number of anilines is 1. The number of amides is 2. The molecule has 1 fully saturated rings. The number of nitro benzene ring substituents is 1. The Kier molecular flexibility index (Phi) is 3.57. The summed E-state index contributed by atoms with van der Waals surface area (Å²) in [5, 5.41) is 11.7. The predicted molar refractivity (Wildman–Crippen MR) is 95.9 cm³/mol. The summed E-state index contributed by atoms with van der Waals surface area (Å²) in [6.07, 6.45) is 1.98. The number of nitro groups is 1. The Morgan fingerprint density at radius 1 is 1.08 bits per heavy atom. The molecule has 1 aliphatic rings. The number of benzene rings is 2. The lowest BCUT2D eigenvalue weighted by atomic mass is 9.97. The number of hydrogen-bond acceptors (Lipinski definition) is 4. The first-order valence-electron chi connectivity index (χ1n) is 8.12. The van der Waals surface area contributed by atoms with Crippen LogP contribution >= 0.6 is 0 Å². The molecule has 1 aromatic heterocycles. The average molecular weight is 349 g/mol. The molecule has 0 N–H and O–H groups in total. The number of fused-ring (bicyclic) bond motifs is 1. The van der Waals surface area contributed by atoms with Crippen LogP contribution in [0.4, 0.5) is 11.4 Å². The molecular weight excluding hydrogens is 334 g/mol. The summed E-state index contributed by atoms with van der Waals surface area (Å²) in [6, 6.07) is 13.2. The van der Waals surface area contributed by atoms with Crippen molar-refractivity contribution in [2.45, 2.75) is 12.3 Å². The highest BCUT2D eigenvalue weighted by Gasteiger charge is 2.41. The molecule has 1 atom stereocenters. The number of imide groups is 1. The highest BCUT2D eigenvalue weighted by Crippen LogP contribution is 2.37. The number of rotatable bonds is 3. The fraction of sp³-hybridized carbons (Fsp3) is 0.158. The van der Waals surface area contributed by atoms with Crippen molar-refractivity contribution in [3.63, 3.8) is 0 Å². The van der Waals surface area contributed by atoms with E-state index in [1.54, 1.807) is 0 Å². The molecule has 2 aromatic carbocycles. The highest BCUT2D eigenvalue weighted by molar-refractivity contribution is 6.23. The second kappa shape index (κ2) is 5.80. The van der Waals surface area contributed by atoms with E-state index in [0.717, 1.165) is 21.4 Å². The van der Waals surface area contributed by atoms with Gasteiger partial charge in [-0.05, 0) is 23.8 Å². The van der Waals surface area contributed by atoms with E-state index >= 15 is 0 Å². The van der Waals surface area contributed by atoms with Gasteiger partial charge in [0.05, 0.1) is 16.5 Å². The van der Waals surface area contributed by atoms with E-state index in [-0.39, 0.29) is 23.9 Å². The van der Waals surface area contributed by atoms with Crippen LogP contribution < -0.4 is 4.90 Å². The number of para-hydroxylation sites is 1. The Balaban J connectivity index is 1.72. The summed E-state index contributed by atoms with van der Waals surface area (Å²) >= 11 is 0. The summed E-state index contributed by atoms with van der Waals surface area (Å²) in [6.45, 7) is 0. The predicted octanol–water partition coefficient (Wildman–Crippen LogP) is 3.13. The Morgan fingerprint density at radius 3 is 2.46 bits per heavy atom. The van der Waals surface area contributed by atoms with Crippen LogP contribution in [0.25, 0.3) is 10.9 Å². The van der Waals surface area contributed by atoms with Crippen molar-refractivity contribution in [2.24, 2.45) is 7.05 Å². The van der Waals surface area contributed by atoms with Crippen LogP contribution in [-0.4, -0.2) is 21.3 Å². The maximum atomic E-state index is 13.0. The number of carbonyl (C=O) groups is 2. The third-order valence-corrected chi connectivity index (χ3v) is 4.77. The fourth-order valence-corrected chi connectivity index (χ4v) is 3.52. The van der Waals surface area contributed by atoms with Gasteiger partial charge in [-0.15, -0.1) is 0 Å². The van der Waals surface area contributed by atoms with Crippen LogP contribution in [-0.2, 0) is 16.6 Å². The zero-order valence-corrected chi connectivity index (χ0v) is 14.0. The molecule has 130 valence electrons. The molecule has 0 aliphatic carbocycles. The number of nitrogens with zero attached hydrogens (tertiary/aromatic N) is 3. The van der Waals surface area contributed by atoms with Crippen LogP contribution in [0.15, 0.2) is 54.7 Å². The molecule has 0 saturated carbocycles. The van der Waals surface area contributed by atoms with Gasteiger partial charge < -0.3 is 4.57 Å². The van der Waals surface area contributed by atoms with E-state index < -0.39 is 10.8 Å². The third-order valence-electron chi connectivity index (χ3n) is 4.77. The van der Waals surface area contributed by atoms with Crippen molar-refractivity contribution in [1.82, 2.24) is 4.57 Å². The Hall–Kier alpha value is -3.48. The van der Waals surface area contributed by atoms with E-state index in [1.165, 1.54) is 24.3 Å².